The third-order valence-electron chi connectivity index (χ3n) is 3.92. The Kier molecular flexibility index (Phi) is 6.97. The Bertz CT molecular complexity index is 817. The summed E-state index contributed by atoms with van der Waals surface area (Å²) in [5, 5.41) is 12.2. The van der Waals surface area contributed by atoms with E-state index in [1.807, 2.05) is 0 Å². The average molecular weight is 399 g/mol. The van der Waals surface area contributed by atoms with E-state index in [-0.39, 0.29) is 12.8 Å². The predicted molar refractivity (Wildman–Crippen MR) is 98.8 cm³/mol. The van der Waals surface area contributed by atoms with E-state index < -0.39 is 23.9 Å². The number of hydrogen-bond acceptors (Lipinski definition) is 3. The molecule has 0 radical (unpaired) electrons. The van der Waals surface area contributed by atoms with Crippen molar-refractivity contribution in [2.45, 2.75) is 24.9 Å². The van der Waals surface area contributed by atoms with Crippen LogP contribution < -0.4 is 11.1 Å². The molecule has 8 heteroatoms. The molecule has 0 bridgehead atoms. The van der Waals surface area contributed by atoms with Gasteiger partial charge in [-0.25, -0.2) is 4.39 Å². The lowest BCUT2D eigenvalue weighted by Crippen LogP contribution is -2.40. The SMILES string of the molecule is N[C@H](C[C@@H](Cc1ccc(-c2cc(Cl)ccc2F)cc1Cl)NC=O)C(=O)O. The first-order valence-corrected chi connectivity index (χ1v) is 8.49. The van der Waals surface area contributed by atoms with Crippen LogP contribution in [0.5, 0.6) is 0 Å². The maximum Gasteiger partial charge on any atom is 0.320 e. The highest BCUT2D eigenvalue weighted by molar-refractivity contribution is 6.32. The molecule has 0 saturated heterocycles. The van der Waals surface area contributed by atoms with Gasteiger partial charge in [0, 0.05) is 21.7 Å². The number of rotatable bonds is 8. The van der Waals surface area contributed by atoms with Gasteiger partial charge in [0.25, 0.3) is 0 Å². The van der Waals surface area contributed by atoms with Gasteiger partial charge in [0.15, 0.2) is 0 Å². The number of carboxylic acid groups (broad SMARTS) is 1. The Balaban J connectivity index is 2.23. The quantitative estimate of drug-likeness (QED) is 0.595. The molecule has 0 heterocycles. The van der Waals surface area contributed by atoms with Crippen LogP contribution in [-0.2, 0) is 16.0 Å². The molecule has 5 nitrogen and oxygen atoms in total. The van der Waals surface area contributed by atoms with Gasteiger partial charge in [0.1, 0.15) is 11.9 Å². The molecule has 0 aliphatic heterocycles. The molecular weight excluding hydrogens is 382 g/mol. The number of carbonyl (C=O) groups excluding carboxylic acids is 1. The Morgan fingerprint density at radius 2 is 2.00 bits per heavy atom. The molecule has 1 amide bonds. The third kappa shape index (κ3) is 5.17. The topological polar surface area (TPSA) is 92.4 Å². The number of nitrogens with one attached hydrogen (secondary N) is 1. The zero-order chi connectivity index (χ0) is 19.3. The number of aliphatic carboxylic acids is 1. The number of hydrogen-bond donors (Lipinski definition) is 3. The normalized spacial score (nSPS) is 13.1. The van der Waals surface area contributed by atoms with Crippen molar-refractivity contribution >= 4 is 35.6 Å². The van der Waals surface area contributed by atoms with Crippen LogP contribution in [0.25, 0.3) is 11.1 Å². The first-order chi connectivity index (χ1) is 12.3. The molecule has 2 aromatic rings. The number of carbonyl (C=O) groups is 2. The van der Waals surface area contributed by atoms with Gasteiger partial charge in [-0.05, 0) is 48.2 Å². The van der Waals surface area contributed by atoms with Crippen molar-refractivity contribution in [2.24, 2.45) is 5.73 Å². The Morgan fingerprint density at radius 3 is 2.62 bits per heavy atom. The molecule has 0 unspecified atom stereocenters. The van der Waals surface area contributed by atoms with Gasteiger partial charge in [0.2, 0.25) is 6.41 Å². The fourth-order valence-electron chi connectivity index (χ4n) is 2.58. The first-order valence-electron chi connectivity index (χ1n) is 7.73. The van der Waals surface area contributed by atoms with Crippen LogP contribution in [0.2, 0.25) is 10.0 Å². The summed E-state index contributed by atoms with van der Waals surface area (Å²) in [4.78, 5) is 21.7. The van der Waals surface area contributed by atoms with Crippen molar-refractivity contribution in [1.82, 2.24) is 5.32 Å². The molecule has 26 heavy (non-hydrogen) atoms. The van der Waals surface area contributed by atoms with Gasteiger partial charge < -0.3 is 16.2 Å². The molecule has 2 rings (SSSR count). The van der Waals surface area contributed by atoms with E-state index in [9.17, 15) is 14.0 Å². The maximum atomic E-state index is 14.0. The largest absolute Gasteiger partial charge is 0.480 e. The van der Waals surface area contributed by atoms with Crippen LogP contribution in [0.15, 0.2) is 36.4 Å². The van der Waals surface area contributed by atoms with Crippen LogP contribution in [0.3, 0.4) is 0 Å². The van der Waals surface area contributed by atoms with E-state index in [1.54, 1.807) is 18.2 Å². The fourth-order valence-corrected chi connectivity index (χ4v) is 3.01. The van der Waals surface area contributed by atoms with E-state index in [1.165, 1.54) is 18.2 Å². The molecule has 0 aromatic heterocycles. The number of nitrogens with two attached hydrogens (primary N) is 1. The van der Waals surface area contributed by atoms with Crippen LogP contribution in [0, 0.1) is 5.82 Å². The summed E-state index contributed by atoms with van der Waals surface area (Å²) >= 11 is 12.2. The summed E-state index contributed by atoms with van der Waals surface area (Å²) in [7, 11) is 0. The Labute approximate surface area is 159 Å². The van der Waals surface area contributed by atoms with Crippen molar-refractivity contribution in [3.63, 3.8) is 0 Å². The van der Waals surface area contributed by atoms with Gasteiger partial charge >= 0.3 is 5.97 Å². The number of halogens is 3. The van der Waals surface area contributed by atoms with Crippen molar-refractivity contribution in [3.8, 4) is 11.1 Å². The molecule has 0 aliphatic rings. The predicted octanol–water partition coefficient (Wildman–Crippen LogP) is 3.26. The average Bonchev–Trinajstić information content (AvgIpc) is 2.58. The number of benzene rings is 2. The second-order valence-electron chi connectivity index (χ2n) is 5.80. The lowest BCUT2D eigenvalue weighted by molar-refractivity contribution is -0.139. The fraction of sp³-hybridized carbons (Fsp3) is 0.222. The number of amides is 1. The molecule has 2 aromatic carbocycles. The Morgan fingerprint density at radius 1 is 1.27 bits per heavy atom. The molecule has 138 valence electrons. The Hall–Kier alpha value is -2.15. The van der Waals surface area contributed by atoms with Gasteiger partial charge in [-0.1, -0.05) is 35.3 Å². The van der Waals surface area contributed by atoms with Gasteiger partial charge in [-0.15, -0.1) is 0 Å². The molecule has 4 N–H and O–H groups in total. The highest BCUT2D eigenvalue weighted by Gasteiger charge is 2.20. The van der Waals surface area contributed by atoms with Gasteiger partial charge in [-0.3, -0.25) is 9.59 Å². The summed E-state index contributed by atoms with van der Waals surface area (Å²) in [6.07, 6.45) is 0.828. The highest BCUT2D eigenvalue weighted by Crippen LogP contribution is 2.30. The van der Waals surface area contributed by atoms with E-state index in [0.29, 0.717) is 33.1 Å². The van der Waals surface area contributed by atoms with E-state index in [4.69, 9.17) is 34.0 Å². The summed E-state index contributed by atoms with van der Waals surface area (Å²) in [6.45, 7) is 0. The summed E-state index contributed by atoms with van der Waals surface area (Å²) < 4.78 is 14.0. The van der Waals surface area contributed by atoms with Crippen LogP contribution in [0.4, 0.5) is 4.39 Å². The van der Waals surface area contributed by atoms with Crippen LogP contribution >= 0.6 is 23.2 Å². The minimum absolute atomic E-state index is 0.0507. The van der Waals surface area contributed by atoms with Gasteiger partial charge in [-0.2, -0.15) is 0 Å². The molecule has 0 aliphatic carbocycles. The zero-order valence-electron chi connectivity index (χ0n) is 13.6. The number of carboxylic acids is 1. The standard InChI is InChI=1S/C18H17Cl2FN2O3/c19-12-3-4-16(21)14(7-12)10-1-2-11(15(20)6-10)5-13(23-9-24)8-17(22)18(25)26/h1-4,6-7,9,13,17H,5,8,22H2,(H,23,24)(H,25,26)/t13-,17-/m1/s1. The lowest BCUT2D eigenvalue weighted by atomic mass is 9.97. The zero-order valence-corrected chi connectivity index (χ0v) is 15.1. The van der Waals surface area contributed by atoms with Crippen molar-refractivity contribution in [1.29, 1.82) is 0 Å². The van der Waals surface area contributed by atoms with E-state index in [0.717, 1.165) is 0 Å². The second kappa shape index (κ2) is 8.98. The van der Waals surface area contributed by atoms with E-state index >= 15 is 0 Å². The van der Waals surface area contributed by atoms with Crippen molar-refractivity contribution < 1.29 is 19.1 Å². The third-order valence-corrected chi connectivity index (χ3v) is 4.51. The van der Waals surface area contributed by atoms with Crippen LogP contribution in [0.1, 0.15) is 12.0 Å². The van der Waals surface area contributed by atoms with E-state index in [2.05, 4.69) is 5.32 Å². The molecule has 0 saturated carbocycles. The smallest absolute Gasteiger partial charge is 0.320 e. The summed E-state index contributed by atoms with van der Waals surface area (Å²) in [5.74, 6) is -1.58. The highest BCUT2D eigenvalue weighted by atomic mass is 35.5. The first kappa shape index (κ1) is 20.2. The van der Waals surface area contributed by atoms with Gasteiger partial charge in [0.05, 0.1) is 0 Å². The molecule has 2 atom stereocenters. The minimum Gasteiger partial charge on any atom is -0.480 e. The van der Waals surface area contributed by atoms with Crippen LogP contribution in [-0.4, -0.2) is 29.6 Å². The molecule has 0 spiro atoms. The maximum absolute atomic E-state index is 14.0. The lowest BCUT2D eigenvalue weighted by Gasteiger charge is -2.19. The summed E-state index contributed by atoms with van der Waals surface area (Å²) in [5.41, 5.74) is 7.08. The monoisotopic (exact) mass is 398 g/mol. The van der Waals surface area contributed by atoms with Crippen molar-refractivity contribution in [2.75, 3.05) is 0 Å². The minimum atomic E-state index is -1.15. The molecule has 0 fully saturated rings. The second-order valence-corrected chi connectivity index (χ2v) is 6.64. The van der Waals surface area contributed by atoms with Crippen molar-refractivity contribution in [3.05, 3.63) is 57.8 Å². The molecular formula is C18H17Cl2FN2O3. The summed E-state index contributed by atoms with van der Waals surface area (Å²) in [6, 6.07) is 7.62.